The van der Waals surface area contributed by atoms with Crippen molar-refractivity contribution >= 4 is 5.91 Å². The summed E-state index contributed by atoms with van der Waals surface area (Å²) in [7, 11) is 0. The summed E-state index contributed by atoms with van der Waals surface area (Å²) in [5, 5.41) is 3.41. The number of nitrogens with zero attached hydrogens (tertiary/aromatic N) is 2. The Bertz CT molecular complexity index is 846. The standard InChI is InChI=1S/C23H29N3O3/c1-23(2,19-8-9-20-21(14-19)29-17-28-20)24-15-22(27)26-12-10-25(11-13-26)16-18-6-4-3-5-7-18/h3-9,14,24H,10-13,15-17H2,1-2H3. The second-order valence-electron chi connectivity index (χ2n) is 8.19. The molecule has 0 spiro atoms. The smallest absolute Gasteiger partial charge is 0.236 e. The van der Waals surface area contributed by atoms with Crippen LogP contribution < -0.4 is 14.8 Å². The van der Waals surface area contributed by atoms with Gasteiger partial charge in [-0.2, -0.15) is 0 Å². The highest BCUT2D eigenvalue weighted by atomic mass is 16.7. The number of ether oxygens (including phenoxy) is 2. The van der Waals surface area contributed by atoms with Gasteiger partial charge in [0.05, 0.1) is 6.54 Å². The molecule has 1 amide bonds. The fourth-order valence-electron chi connectivity index (χ4n) is 3.79. The van der Waals surface area contributed by atoms with E-state index in [9.17, 15) is 4.79 Å². The first kappa shape index (κ1) is 19.7. The number of nitrogens with one attached hydrogen (secondary N) is 1. The molecule has 0 radical (unpaired) electrons. The lowest BCUT2D eigenvalue weighted by atomic mass is 9.94. The molecule has 2 aliphatic heterocycles. The van der Waals surface area contributed by atoms with Crippen LogP contribution in [0.2, 0.25) is 0 Å². The first-order valence-corrected chi connectivity index (χ1v) is 10.2. The van der Waals surface area contributed by atoms with E-state index in [1.165, 1.54) is 5.56 Å². The number of amides is 1. The Kier molecular flexibility index (Phi) is 5.74. The highest BCUT2D eigenvalue weighted by Gasteiger charge is 2.26. The van der Waals surface area contributed by atoms with Gasteiger partial charge in [0.25, 0.3) is 0 Å². The minimum Gasteiger partial charge on any atom is -0.454 e. The maximum Gasteiger partial charge on any atom is 0.236 e. The van der Waals surface area contributed by atoms with Crippen LogP contribution in [0.5, 0.6) is 11.5 Å². The lowest BCUT2D eigenvalue weighted by Gasteiger charge is -2.36. The molecule has 1 saturated heterocycles. The molecule has 6 nitrogen and oxygen atoms in total. The topological polar surface area (TPSA) is 54.0 Å². The normalized spacial score (nSPS) is 16.8. The second kappa shape index (κ2) is 8.43. The highest BCUT2D eigenvalue weighted by molar-refractivity contribution is 5.78. The molecule has 4 rings (SSSR count). The van der Waals surface area contributed by atoms with Gasteiger partial charge in [0.2, 0.25) is 12.7 Å². The summed E-state index contributed by atoms with van der Waals surface area (Å²) in [5.74, 6) is 1.69. The van der Waals surface area contributed by atoms with E-state index in [-0.39, 0.29) is 18.2 Å². The summed E-state index contributed by atoms with van der Waals surface area (Å²) >= 11 is 0. The predicted octanol–water partition coefficient (Wildman–Crippen LogP) is 2.58. The van der Waals surface area contributed by atoms with E-state index in [0.29, 0.717) is 6.54 Å². The van der Waals surface area contributed by atoms with Gasteiger partial charge in [0.1, 0.15) is 0 Å². The minimum atomic E-state index is -0.341. The molecule has 0 bridgehead atoms. The molecule has 29 heavy (non-hydrogen) atoms. The largest absolute Gasteiger partial charge is 0.454 e. The highest BCUT2D eigenvalue weighted by Crippen LogP contribution is 2.35. The summed E-state index contributed by atoms with van der Waals surface area (Å²) < 4.78 is 10.9. The molecular formula is C23H29N3O3. The Morgan fingerprint density at radius 3 is 2.48 bits per heavy atom. The maximum absolute atomic E-state index is 12.7. The van der Waals surface area contributed by atoms with Gasteiger partial charge in [-0.15, -0.1) is 0 Å². The molecule has 0 saturated carbocycles. The summed E-state index contributed by atoms with van der Waals surface area (Å²) in [6, 6.07) is 16.4. The molecule has 2 aliphatic rings. The van der Waals surface area contributed by atoms with Crippen molar-refractivity contribution in [3.05, 3.63) is 59.7 Å². The zero-order valence-corrected chi connectivity index (χ0v) is 17.2. The average Bonchev–Trinajstić information content (AvgIpc) is 3.21. The number of hydrogen-bond donors (Lipinski definition) is 1. The van der Waals surface area contributed by atoms with E-state index in [1.807, 2.05) is 29.2 Å². The van der Waals surface area contributed by atoms with Crippen LogP contribution in [0.3, 0.4) is 0 Å². The van der Waals surface area contributed by atoms with Crippen LogP contribution in [0.1, 0.15) is 25.0 Å². The second-order valence-corrected chi connectivity index (χ2v) is 8.19. The summed E-state index contributed by atoms with van der Waals surface area (Å²) in [6.45, 7) is 9.05. The summed E-state index contributed by atoms with van der Waals surface area (Å²) in [5.41, 5.74) is 2.05. The van der Waals surface area contributed by atoms with Crippen molar-refractivity contribution in [1.29, 1.82) is 0 Å². The lowest BCUT2D eigenvalue weighted by Crippen LogP contribution is -2.52. The van der Waals surface area contributed by atoms with Crippen LogP contribution in [-0.2, 0) is 16.9 Å². The first-order chi connectivity index (χ1) is 14.0. The first-order valence-electron chi connectivity index (χ1n) is 10.2. The summed E-state index contributed by atoms with van der Waals surface area (Å²) in [4.78, 5) is 17.1. The van der Waals surface area contributed by atoms with Crippen LogP contribution in [0.4, 0.5) is 0 Å². The number of benzene rings is 2. The van der Waals surface area contributed by atoms with Crippen LogP contribution in [0, 0.1) is 0 Å². The third-order valence-electron chi connectivity index (χ3n) is 5.75. The zero-order valence-electron chi connectivity index (χ0n) is 17.2. The maximum atomic E-state index is 12.7. The number of carbonyl (C=O) groups is 1. The number of hydrogen-bond acceptors (Lipinski definition) is 5. The third-order valence-corrected chi connectivity index (χ3v) is 5.75. The monoisotopic (exact) mass is 395 g/mol. The Balaban J connectivity index is 1.26. The van der Waals surface area contributed by atoms with E-state index in [4.69, 9.17) is 9.47 Å². The molecule has 1 N–H and O–H groups in total. The van der Waals surface area contributed by atoms with Crippen molar-refractivity contribution in [3.8, 4) is 11.5 Å². The van der Waals surface area contributed by atoms with Gasteiger partial charge >= 0.3 is 0 Å². The Morgan fingerprint density at radius 1 is 1.00 bits per heavy atom. The predicted molar refractivity (Wildman–Crippen MR) is 112 cm³/mol. The third kappa shape index (κ3) is 4.71. The van der Waals surface area contributed by atoms with Crippen LogP contribution in [-0.4, -0.2) is 55.2 Å². The molecule has 2 aromatic rings. The van der Waals surface area contributed by atoms with Gasteiger partial charge in [-0.3, -0.25) is 15.0 Å². The van der Waals surface area contributed by atoms with E-state index >= 15 is 0 Å². The summed E-state index contributed by atoms with van der Waals surface area (Å²) in [6.07, 6.45) is 0. The van der Waals surface area contributed by atoms with Gasteiger partial charge < -0.3 is 14.4 Å². The van der Waals surface area contributed by atoms with Crippen LogP contribution >= 0.6 is 0 Å². The molecular weight excluding hydrogens is 366 g/mol. The van der Waals surface area contributed by atoms with Gasteiger partial charge in [-0.25, -0.2) is 0 Å². The van der Waals surface area contributed by atoms with E-state index in [0.717, 1.165) is 49.8 Å². The SMILES string of the molecule is CC(C)(NCC(=O)N1CCN(Cc2ccccc2)CC1)c1ccc2c(c1)OCO2. The van der Waals surface area contributed by atoms with E-state index in [2.05, 4.69) is 48.3 Å². The van der Waals surface area contributed by atoms with Crippen molar-refractivity contribution in [1.82, 2.24) is 15.1 Å². The lowest BCUT2D eigenvalue weighted by molar-refractivity contribution is -0.132. The number of carbonyl (C=O) groups excluding carboxylic acids is 1. The minimum absolute atomic E-state index is 0.151. The Morgan fingerprint density at radius 2 is 1.72 bits per heavy atom. The number of fused-ring (bicyclic) bond motifs is 1. The molecule has 2 aromatic carbocycles. The fraction of sp³-hybridized carbons (Fsp3) is 0.435. The van der Waals surface area contributed by atoms with Crippen molar-refractivity contribution < 1.29 is 14.3 Å². The Hall–Kier alpha value is -2.57. The van der Waals surface area contributed by atoms with Crippen molar-refractivity contribution in [2.75, 3.05) is 39.5 Å². The van der Waals surface area contributed by atoms with E-state index in [1.54, 1.807) is 0 Å². The Labute approximate surface area is 172 Å². The van der Waals surface area contributed by atoms with Crippen molar-refractivity contribution in [2.24, 2.45) is 0 Å². The molecule has 154 valence electrons. The van der Waals surface area contributed by atoms with Crippen molar-refractivity contribution in [3.63, 3.8) is 0 Å². The molecule has 0 aliphatic carbocycles. The molecule has 0 unspecified atom stereocenters. The molecule has 0 aromatic heterocycles. The quantitative estimate of drug-likeness (QED) is 0.815. The van der Waals surface area contributed by atoms with Gasteiger partial charge in [0.15, 0.2) is 11.5 Å². The molecule has 2 heterocycles. The number of rotatable bonds is 6. The van der Waals surface area contributed by atoms with Crippen molar-refractivity contribution in [2.45, 2.75) is 25.9 Å². The molecule has 1 fully saturated rings. The van der Waals surface area contributed by atoms with Gasteiger partial charge in [0, 0.05) is 38.3 Å². The fourth-order valence-corrected chi connectivity index (χ4v) is 3.79. The van der Waals surface area contributed by atoms with Crippen LogP contribution in [0.25, 0.3) is 0 Å². The average molecular weight is 396 g/mol. The van der Waals surface area contributed by atoms with Gasteiger partial charge in [-0.05, 0) is 37.1 Å². The number of piperazine rings is 1. The van der Waals surface area contributed by atoms with Crippen LogP contribution in [0.15, 0.2) is 48.5 Å². The van der Waals surface area contributed by atoms with Gasteiger partial charge in [-0.1, -0.05) is 36.4 Å². The van der Waals surface area contributed by atoms with E-state index < -0.39 is 0 Å². The molecule has 0 atom stereocenters. The zero-order chi connectivity index (χ0) is 20.3. The molecule has 6 heteroatoms.